The van der Waals surface area contributed by atoms with Gasteiger partial charge in [-0.05, 0) is 32.1 Å². The average Bonchev–Trinajstić information content (AvgIpc) is 3.24. The van der Waals surface area contributed by atoms with Crippen LogP contribution in [0.25, 0.3) is 16.8 Å². The van der Waals surface area contributed by atoms with E-state index in [1.165, 1.54) is 33.0 Å². The largest absolute Gasteiger partial charge is 1.00 e. The first-order valence-electron chi connectivity index (χ1n) is 10.9. The Morgan fingerprint density at radius 2 is 1.45 bits per heavy atom. The van der Waals surface area contributed by atoms with Gasteiger partial charge in [0, 0.05) is 5.54 Å². The fraction of sp³-hybridized carbons (Fsp3) is 0.346. The van der Waals surface area contributed by atoms with Gasteiger partial charge in [-0.25, -0.2) is 0 Å². The minimum atomic E-state index is -1.46. The van der Waals surface area contributed by atoms with Crippen LogP contribution >= 0.6 is 0 Å². The van der Waals surface area contributed by atoms with Crippen molar-refractivity contribution in [2.75, 3.05) is 14.1 Å². The third-order valence-corrected chi connectivity index (χ3v) is 13.4. The van der Waals surface area contributed by atoms with Crippen LogP contribution in [0.1, 0.15) is 29.2 Å². The van der Waals surface area contributed by atoms with Crippen LogP contribution in [-0.2, 0) is 0 Å². The topological polar surface area (TPSA) is 24.1 Å². The zero-order valence-corrected chi connectivity index (χ0v) is 22.9. The van der Waals surface area contributed by atoms with Crippen molar-refractivity contribution in [1.29, 1.82) is 0 Å². The molecule has 0 amide bonds. The molecular formula is C26H37LiN2Si2. The minimum Gasteiger partial charge on any atom is -0.344 e. The summed E-state index contributed by atoms with van der Waals surface area (Å²) >= 11 is 0. The SMILES string of the molecule is CN[Si](C)(C)C1C(C)=Cc2ccccc21.CN[Si](C)(C)c1c(C)[cH-]c2ccccc12.[Li+]. The van der Waals surface area contributed by atoms with Crippen molar-refractivity contribution in [2.24, 2.45) is 0 Å². The van der Waals surface area contributed by atoms with Crippen molar-refractivity contribution in [3.63, 3.8) is 0 Å². The molecule has 1 aliphatic rings. The zero-order chi connectivity index (χ0) is 22.1. The van der Waals surface area contributed by atoms with E-state index in [-0.39, 0.29) is 18.9 Å². The van der Waals surface area contributed by atoms with Crippen molar-refractivity contribution < 1.29 is 18.9 Å². The Balaban J connectivity index is 0.000000213. The van der Waals surface area contributed by atoms with Crippen LogP contribution in [0, 0.1) is 6.92 Å². The minimum absolute atomic E-state index is 0. The van der Waals surface area contributed by atoms with Gasteiger partial charge >= 0.3 is 18.9 Å². The van der Waals surface area contributed by atoms with Gasteiger partial charge in [0.1, 0.15) is 8.24 Å². The summed E-state index contributed by atoms with van der Waals surface area (Å²) in [7, 11) is 1.34. The van der Waals surface area contributed by atoms with Crippen LogP contribution in [0.15, 0.2) is 60.2 Å². The van der Waals surface area contributed by atoms with Gasteiger partial charge in [-0.3, -0.25) is 0 Å². The van der Waals surface area contributed by atoms with Gasteiger partial charge < -0.3 is 9.96 Å². The summed E-state index contributed by atoms with van der Waals surface area (Å²) in [6.45, 7) is 14.0. The van der Waals surface area contributed by atoms with Crippen molar-refractivity contribution in [2.45, 2.75) is 45.6 Å². The first-order valence-corrected chi connectivity index (χ1v) is 17.0. The molecule has 0 aliphatic heterocycles. The molecule has 2 nitrogen and oxygen atoms in total. The number of allylic oxidation sites excluding steroid dienone is 1. The van der Waals surface area contributed by atoms with E-state index in [0.717, 1.165) is 0 Å². The molecule has 31 heavy (non-hydrogen) atoms. The maximum absolute atomic E-state index is 3.55. The Morgan fingerprint density at radius 1 is 0.839 bits per heavy atom. The number of hydrogen-bond donors (Lipinski definition) is 2. The Morgan fingerprint density at radius 3 is 2.10 bits per heavy atom. The third kappa shape index (κ3) is 5.22. The molecule has 0 fully saturated rings. The molecular weight excluding hydrogens is 403 g/mol. The van der Waals surface area contributed by atoms with Crippen molar-refractivity contribution in [3.8, 4) is 0 Å². The van der Waals surface area contributed by atoms with Gasteiger partial charge in [0.2, 0.25) is 0 Å². The molecule has 5 heteroatoms. The molecule has 2 N–H and O–H groups in total. The van der Waals surface area contributed by atoms with Crippen LogP contribution in [-0.4, -0.2) is 30.6 Å². The molecule has 4 rings (SSSR count). The standard InChI is InChI=1S/C13H19NSi.C13H18NSi.Li/c2*1-10-9-11-7-5-6-8-12(11)13(10)15(3,4)14-2;/h5-9,13-14H,1-4H3;5-9,14H,1-4H3;/q;-1;+1. The zero-order valence-electron chi connectivity index (χ0n) is 20.9. The van der Waals surface area contributed by atoms with Crippen LogP contribution in [0.4, 0.5) is 0 Å². The summed E-state index contributed by atoms with van der Waals surface area (Å²) in [5.41, 5.74) is 6.51. The van der Waals surface area contributed by atoms with Gasteiger partial charge in [0.05, 0.1) is 8.24 Å². The number of aryl methyl sites for hydroxylation is 1. The van der Waals surface area contributed by atoms with Crippen LogP contribution in [0.3, 0.4) is 0 Å². The molecule has 0 heterocycles. The smallest absolute Gasteiger partial charge is 0.344 e. The molecule has 0 radical (unpaired) electrons. The van der Waals surface area contributed by atoms with Crippen LogP contribution < -0.4 is 34.0 Å². The van der Waals surface area contributed by atoms with E-state index in [1.54, 1.807) is 5.19 Å². The van der Waals surface area contributed by atoms with E-state index in [1.807, 2.05) is 0 Å². The number of nitrogens with one attached hydrogen (secondary N) is 2. The average molecular weight is 441 g/mol. The molecule has 0 saturated carbocycles. The summed E-state index contributed by atoms with van der Waals surface area (Å²) in [5.74, 6) is 0. The van der Waals surface area contributed by atoms with E-state index in [2.05, 4.69) is 125 Å². The molecule has 0 saturated heterocycles. The summed E-state index contributed by atoms with van der Waals surface area (Å²) in [6, 6.07) is 19.8. The molecule has 0 bridgehead atoms. The number of fused-ring (bicyclic) bond motifs is 2. The molecule has 1 aliphatic carbocycles. The first kappa shape index (κ1) is 26.0. The molecule has 3 aromatic carbocycles. The monoisotopic (exact) mass is 440 g/mol. The Kier molecular flexibility index (Phi) is 8.49. The molecule has 160 valence electrons. The second-order valence-corrected chi connectivity index (χ2v) is 18.4. The van der Waals surface area contributed by atoms with E-state index >= 15 is 0 Å². The molecule has 1 unspecified atom stereocenters. The van der Waals surface area contributed by atoms with E-state index < -0.39 is 16.5 Å². The van der Waals surface area contributed by atoms with Gasteiger partial charge in [-0.1, -0.05) is 75.1 Å². The van der Waals surface area contributed by atoms with Crippen molar-refractivity contribution >= 4 is 38.5 Å². The quantitative estimate of drug-likeness (QED) is 0.481. The first-order chi connectivity index (χ1) is 14.1. The molecule has 1 atom stereocenters. The van der Waals surface area contributed by atoms with Crippen LogP contribution in [0.2, 0.25) is 26.2 Å². The predicted octanol–water partition coefficient (Wildman–Crippen LogP) is 2.65. The van der Waals surface area contributed by atoms with Gasteiger partial charge in [-0.15, -0.1) is 45.8 Å². The maximum atomic E-state index is 3.55. The molecule has 0 aromatic heterocycles. The van der Waals surface area contributed by atoms with Crippen molar-refractivity contribution in [1.82, 2.24) is 9.96 Å². The fourth-order valence-corrected chi connectivity index (χ4v) is 9.66. The number of hydrogen-bond acceptors (Lipinski definition) is 2. The molecule has 3 aromatic rings. The summed E-state index contributed by atoms with van der Waals surface area (Å²) in [4.78, 5) is 7.07. The Labute approximate surface area is 203 Å². The van der Waals surface area contributed by atoms with Crippen LogP contribution in [0.5, 0.6) is 0 Å². The second kappa shape index (κ2) is 10.1. The fourth-order valence-electron chi connectivity index (χ4n) is 4.90. The van der Waals surface area contributed by atoms with E-state index in [0.29, 0.717) is 5.54 Å². The predicted molar refractivity (Wildman–Crippen MR) is 140 cm³/mol. The second-order valence-electron chi connectivity index (χ2n) is 9.59. The summed E-state index contributed by atoms with van der Waals surface area (Å²) < 4.78 is 0. The molecule has 0 spiro atoms. The Bertz CT molecular complexity index is 1070. The maximum Gasteiger partial charge on any atom is 1.00 e. The van der Waals surface area contributed by atoms with Crippen molar-refractivity contribution in [3.05, 3.63) is 76.9 Å². The normalized spacial score (nSPS) is 15.6. The van der Waals surface area contributed by atoms with Gasteiger partial charge in [0.15, 0.2) is 0 Å². The van der Waals surface area contributed by atoms with E-state index in [4.69, 9.17) is 0 Å². The Hall–Kier alpha value is -1.26. The third-order valence-electron chi connectivity index (χ3n) is 6.76. The number of benzene rings is 2. The summed E-state index contributed by atoms with van der Waals surface area (Å²) in [6.07, 6.45) is 2.34. The summed E-state index contributed by atoms with van der Waals surface area (Å²) in [5, 5.41) is 4.36. The van der Waals surface area contributed by atoms with Gasteiger partial charge in [0.25, 0.3) is 0 Å². The van der Waals surface area contributed by atoms with Gasteiger partial charge in [-0.2, -0.15) is 0 Å². The van der Waals surface area contributed by atoms with E-state index in [9.17, 15) is 0 Å². The number of rotatable bonds is 4.